The van der Waals surface area contributed by atoms with Crippen molar-refractivity contribution in [2.75, 3.05) is 46.1 Å². The Balaban J connectivity index is 1.75. The molecule has 1 aliphatic heterocycles. The van der Waals surface area contributed by atoms with Gasteiger partial charge in [0.05, 0.1) is 12.7 Å². The molecule has 0 atom stereocenters. The van der Waals surface area contributed by atoms with Crippen LogP contribution in [-0.2, 0) is 14.2 Å². The van der Waals surface area contributed by atoms with Crippen molar-refractivity contribution < 1.29 is 14.2 Å². The Morgan fingerprint density at radius 3 is 2.71 bits per heavy atom. The van der Waals surface area contributed by atoms with Gasteiger partial charge in [0.2, 0.25) is 0 Å². The fraction of sp³-hybridized carbons (Fsp3) is 1.00. The SMILES string of the molecule is CCOCCCCNCCOC1CCOCC1. The summed E-state index contributed by atoms with van der Waals surface area (Å²) in [5.41, 5.74) is 0. The molecule has 0 spiro atoms. The fourth-order valence-electron chi connectivity index (χ4n) is 1.86. The second-order valence-electron chi connectivity index (χ2n) is 4.34. The normalized spacial score (nSPS) is 17.5. The highest BCUT2D eigenvalue weighted by Crippen LogP contribution is 2.09. The summed E-state index contributed by atoms with van der Waals surface area (Å²) < 4.78 is 16.3. The Morgan fingerprint density at radius 1 is 1.12 bits per heavy atom. The second kappa shape index (κ2) is 11.0. The summed E-state index contributed by atoms with van der Waals surface area (Å²) in [6.07, 6.45) is 4.84. The summed E-state index contributed by atoms with van der Waals surface area (Å²) in [5.74, 6) is 0. The lowest BCUT2D eigenvalue weighted by molar-refractivity contribution is -0.0304. The lowest BCUT2D eigenvalue weighted by Gasteiger charge is -2.22. The molecule has 1 saturated heterocycles. The quantitative estimate of drug-likeness (QED) is 0.593. The Bertz CT molecular complexity index is 161. The first-order valence-corrected chi connectivity index (χ1v) is 6.91. The summed E-state index contributed by atoms with van der Waals surface area (Å²) in [7, 11) is 0. The number of ether oxygens (including phenoxy) is 3. The fourth-order valence-corrected chi connectivity index (χ4v) is 1.86. The van der Waals surface area contributed by atoms with Crippen molar-refractivity contribution in [3.63, 3.8) is 0 Å². The minimum atomic E-state index is 0.420. The molecular weight excluding hydrogens is 218 g/mol. The lowest BCUT2D eigenvalue weighted by Crippen LogP contribution is -2.28. The summed E-state index contributed by atoms with van der Waals surface area (Å²) >= 11 is 0. The molecule has 1 aliphatic rings. The van der Waals surface area contributed by atoms with Gasteiger partial charge in [-0.05, 0) is 39.2 Å². The van der Waals surface area contributed by atoms with Gasteiger partial charge < -0.3 is 19.5 Å². The van der Waals surface area contributed by atoms with Gasteiger partial charge in [0.15, 0.2) is 0 Å². The average Bonchev–Trinajstić information content (AvgIpc) is 2.38. The highest BCUT2D eigenvalue weighted by atomic mass is 16.5. The Morgan fingerprint density at radius 2 is 1.94 bits per heavy atom. The van der Waals surface area contributed by atoms with Crippen LogP contribution in [0.25, 0.3) is 0 Å². The Labute approximate surface area is 105 Å². The minimum Gasteiger partial charge on any atom is -0.382 e. The molecule has 1 heterocycles. The Hall–Kier alpha value is -0.160. The van der Waals surface area contributed by atoms with Crippen LogP contribution < -0.4 is 5.32 Å². The summed E-state index contributed by atoms with van der Waals surface area (Å²) in [6, 6.07) is 0. The van der Waals surface area contributed by atoms with Gasteiger partial charge in [-0.2, -0.15) is 0 Å². The summed E-state index contributed by atoms with van der Waals surface area (Å²) in [6.45, 7) is 8.28. The first-order valence-electron chi connectivity index (χ1n) is 6.91. The molecule has 0 aromatic heterocycles. The van der Waals surface area contributed by atoms with Gasteiger partial charge in [0.1, 0.15) is 0 Å². The van der Waals surface area contributed by atoms with Crippen LogP contribution >= 0.6 is 0 Å². The van der Waals surface area contributed by atoms with E-state index < -0.39 is 0 Å². The number of hydrogen-bond acceptors (Lipinski definition) is 4. The third-order valence-electron chi connectivity index (χ3n) is 2.90. The van der Waals surface area contributed by atoms with Gasteiger partial charge in [-0.25, -0.2) is 0 Å². The average molecular weight is 245 g/mol. The molecule has 1 rings (SSSR count). The van der Waals surface area contributed by atoms with E-state index in [0.29, 0.717) is 6.10 Å². The lowest BCUT2D eigenvalue weighted by atomic mass is 10.2. The van der Waals surface area contributed by atoms with E-state index >= 15 is 0 Å². The summed E-state index contributed by atoms with van der Waals surface area (Å²) in [5, 5.41) is 3.39. The highest BCUT2D eigenvalue weighted by molar-refractivity contribution is 4.62. The van der Waals surface area contributed by atoms with Crippen LogP contribution in [0.4, 0.5) is 0 Å². The molecule has 1 fully saturated rings. The monoisotopic (exact) mass is 245 g/mol. The maximum absolute atomic E-state index is 5.76. The van der Waals surface area contributed by atoms with E-state index in [1.807, 2.05) is 6.92 Å². The van der Waals surface area contributed by atoms with E-state index in [1.165, 1.54) is 6.42 Å². The van der Waals surface area contributed by atoms with E-state index in [9.17, 15) is 0 Å². The molecule has 0 aromatic rings. The van der Waals surface area contributed by atoms with Crippen molar-refractivity contribution in [3.8, 4) is 0 Å². The molecular formula is C13H27NO3. The maximum atomic E-state index is 5.76. The molecule has 4 nitrogen and oxygen atoms in total. The molecule has 0 amide bonds. The number of unbranched alkanes of at least 4 members (excludes halogenated alkanes) is 1. The molecule has 0 radical (unpaired) electrons. The maximum Gasteiger partial charge on any atom is 0.0619 e. The van der Waals surface area contributed by atoms with E-state index in [-0.39, 0.29) is 0 Å². The molecule has 0 unspecified atom stereocenters. The van der Waals surface area contributed by atoms with Gasteiger partial charge in [0, 0.05) is 33.0 Å². The molecule has 0 aliphatic carbocycles. The number of rotatable bonds is 10. The molecule has 17 heavy (non-hydrogen) atoms. The molecule has 4 heteroatoms. The van der Waals surface area contributed by atoms with Crippen molar-refractivity contribution in [2.45, 2.75) is 38.7 Å². The predicted molar refractivity (Wildman–Crippen MR) is 68.4 cm³/mol. The van der Waals surface area contributed by atoms with Gasteiger partial charge >= 0.3 is 0 Å². The first-order chi connectivity index (χ1) is 8.43. The molecule has 0 aromatic carbocycles. The number of hydrogen-bond donors (Lipinski definition) is 1. The van der Waals surface area contributed by atoms with Crippen LogP contribution in [0.15, 0.2) is 0 Å². The molecule has 1 N–H and O–H groups in total. The van der Waals surface area contributed by atoms with Crippen LogP contribution in [-0.4, -0.2) is 52.2 Å². The zero-order valence-electron chi connectivity index (χ0n) is 11.1. The van der Waals surface area contributed by atoms with Gasteiger partial charge in [-0.15, -0.1) is 0 Å². The Kier molecular flexibility index (Phi) is 9.61. The zero-order valence-corrected chi connectivity index (χ0v) is 11.1. The van der Waals surface area contributed by atoms with Crippen LogP contribution in [0.3, 0.4) is 0 Å². The van der Waals surface area contributed by atoms with Crippen molar-refractivity contribution in [1.29, 1.82) is 0 Å². The first kappa shape index (κ1) is 14.9. The highest BCUT2D eigenvalue weighted by Gasteiger charge is 2.13. The largest absolute Gasteiger partial charge is 0.382 e. The van der Waals surface area contributed by atoms with E-state index in [2.05, 4.69) is 5.32 Å². The van der Waals surface area contributed by atoms with Crippen LogP contribution in [0, 0.1) is 0 Å². The van der Waals surface area contributed by atoms with Crippen LogP contribution in [0.5, 0.6) is 0 Å². The standard InChI is InChI=1S/C13H27NO3/c1-2-15-9-4-3-7-14-8-12-17-13-5-10-16-11-6-13/h13-14H,2-12H2,1H3. The minimum absolute atomic E-state index is 0.420. The van der Waals surface area contributed by atoms with Gasteiger partial charge in [-0.3, -0.25) is 0 Å². The topological polar surface area (TPSA) is 39.7 Å². The molecule has 102 valence electrons. The van der Waals surface area contributed by atoms with Crippen LogP contribution in [0.1, 0.15) is 32.6 Å². The van der Waals surface area contributed by atoms with E-state index in [0.717, 1.165) is 65.4 Å². The smallest absolute Gasteiger partial charge is 0.0619 e. The third-order valence-corrected chi connectivity index (χ3v) is 2.90. The molecule has 0 saturated carbocycles. The third kappa shape index (κ3) is 8.55. The zero-order chi connectivity index (χ0) is 12.2. The number of nitrogens with one attached hydrogen (secondary N) is 1. The molecule has 0 bridgehead atoms. The van der Waals surface area contributed by atoms with Crippen molar-refractivity contribution in [1.82, 2.24) is 5.32 Å². The predicted octanol–water partition coefficient (Wildman–Crippen LogP) is 1.59. The van der Waals surface area contributed by atoms with Gasteiger partial charge in [0.25, 0.3) is 0 Å². The second-order valence-corrected chi connectivity index (χ2v) is 4.34. The van der Waals surface area contributed by atoms with Crippen molar-refractivity contribution in [3.05, 3.63) is 0 Å². The van der Waals surface area contributed by atoms with Crippen LogP contribution in [0.2, 0.25) is 0 Å². The van der Waals surface area contributed by atoms with Crippen molar-refractivity contribution >= 4 is 0 Å². The van der Waals surface area contributed by atoms with Gasteiger partial charge in [-0.1, -0.05) is 0 Å². The van der Waals surface area contributed by atoms with E-state index in [4.69, 9.17) is 14.2 Å². The van der Waals surface area contributed by atoms with E-state index in [1.54, 1.807) is 0 Å². The van der Waals surface area contributed by atoms with Crippen molar-refractivity contribution in [2.24, 2.45) is 0 Å². The summed E-state index contributed by atoms with van der Waals surface area (Å²) in [4.78, 5) is 0.